The number of hydrazone groups is 1. The van der Waals surface area contributed by atoms with Crippen molar-refractivity contribution < 1.29 is 14.3 Å². The molecule has 0 aliphatic heterocycles. The van der Waals surface area contributed by atoms with Crippen molar-refractivity contribution in [3.8, 4) is 11.5 Å². The molecule has 1 aromatic heterocycles. The molecule has 0 spiro atoms. The van der Waals surface area contributed by atoms with E-state index in [0.717, 1.165) is 0 Å². The van der Waals surface area contributed by atoms with Crippen LogP contribution in [0.1, 0.15) is 35.9 Å². The fourth-order valence-corrected chi connectivity index (χ4v) is 2.98. The van der Waals surface area contributed by atoms with Gasteiger partial charge in [-0.25, -0.2) is 10.1 Å². The van der Waals surface area contributed by atoms with E-state index in [1.54, 1.807) is 55.7 Å². The largest absolute Gasteiger partial charge is 0.493 e. The molecule has 1 heterocycles. The third-order valence-corrected chi connectivity index (χ3v) is 4.46. The van der Waals surface area contributed by atoms with Crippen LogP contribution in [0.15, 0.2) is 65.0 Å². The first kappa shape index (κ1) is 21.8. The number of carbonyl (C=O) groups is 1. The van der Waals surface area contributed by atoms with E-state index in [1.165, 1.54) is 10.9 Å². The topological polar surface area (TPSA) is 94.8 Å². The smallest absolute Gasteiger partial charge is 0.292 e. The predicted molar refractivity (Wildman–Crippen MR) is 120 cm³/mol. The Hall–Kier alpha value is -3.94. The molecule has 0 saturated carbocycles. The number of aromatic nitrogens is 2. The lowest BCUT2D eigenvalue weighted by molar-refractivity contribution is 0.0949. The standard InChI is InChI=1S/C23H24N4O4/c1-5-12-31-19-11-10-16(13-20(19)30-4)14-24-25-22(28)21-17-8-6-7-9-18(17)23(29)27(26-21)15(2)3/h5-11,13-15H,1,12H2,2-4H3,(H,25,28)/b24-14+. The van der Waals surface area contributed by atoms with Crippen molar-refractivity contribution in [2.75, 3.05) is 13.7 Å². The Morgan fingerprint density at radius 1 is 1.23 bits per heavy atom. The second-order valence-electron chi connectivity index (χ2n) is 6.95. The Kier molecular flexibility index (Phi) is 6.81. The summed E-state index contributed by atoms with van der Waals surface area (Å²) < 4.78 is 12.1. The van der Waals surface area contributed by atoms with Gasteiger partial charge in [0.1, 0.15) is 6.61 Å². The van der Waals surface area contributed by atoms with Crippen LogP contribution in [0.3, 0.4) is 0 Å². The van der Waals surface area contributed by atoms with Crippen molar-refractivity contribution >= 4 is 22.9 Å². The molecular formula is C23H24N4O4. The van der Waals surface area contributed by atoms with E-state index >= 15 is 0 Å². The SMILES string of the molecule is C=CCOc1ccc(/C=N/NC(=O)c2nn(C(C)C)c(=O)c3ccccc23)cc1OC. The molecule has 3 aromatic rings. The van der Waals surface area contributed by atoms with E-state index < -0.39 is 5.91 Å². The molecule has 160 valence electrons. The predicted octanol–water partition coefficient (Wildman–Crippen LogP) is 3.31. The van der Waals surface area contributed by atoms with E-state index in [4.69, 9.17) is 9.47 Å². The molecule has 0 aliphatic carbocycles. The number of carbonyl (C=O) groups excluding carboxylic acids is 1. The maximum Gasteiger partial charge on any atom is 0.292 e. The lowest BCUT2D eigenvalue weighted by Crippen LogP contribution is -2.30. The van der Waals surface area contributed by atoms with Crippen LogP contribution in [-0.4, -0.2) is 35.6 Å². The van der Waals surface area contributed by atoms with Gasteiger partial charge < -0.3 is 9.47 Å². The molecule has 1 N–H and O–H groups in total. The second-order valence-corrected chi connectivity index (χ2v) is 6.95. The van der Waals surface area contributed by atoms with Gasteiger partial charge >= 0.3 is 0 Å². The molecule has 1 amide bonds. The summed E-state index contributed by atoms with van der Waals surface area (Å²) in [4.78, 5) is 25.4. The Morgan fingerprint density at radius 2 is 1.97 bits per heavy atom. The van der Waals surface area contributed by atoms with E-state index in [9.17, 15) is 9.59 Å². The summed E-state index contributed by atoms with van der Waals surface area (Å²) in [5.74, 6) is 0.601. The Balaban J connectivity index is 1.85. The molecule has 31 heavy (non-hydrogen) atoms. The maximum atomic E-state index is 12.8. The van der Waals surface area contributed by atoms with Gasteiger partial charge in [0, 0.05) is 5.39 Å². The quantitative estimate of drug-likeness (QED) is 0.343. The van der Waals surface area contributed by atoms with Crippen molar-refractivity contribution in [3.63, 3.8) is 0 Å². The van der Waals surface area contributed by atoms with Gasteiger partial charge in [-0.05, 0) is 43.7 Å². The number of fused-ring (bicyclic) bond motifs is 1. The average Bonchev–Trinajstić information content (AvgIpc) is 2.78. The number of benzene rings is 2. The molecule has 0 aliphatic rings. The summed E-state index contributed by atoms with van der Waals surface area (Å²) in [5.41, 5.74) is 3.07. The van der Waals surface area contributed by atoms with Crippen LogP contribution >= 0.6 is 0 Å². The second kappa shape index (κ2) is 9.71. The minimum Gasteiger partial charge on any atom is -0.493 e. The highest BCUT2D eigenvalue weighted by Crippen LogP contribution is 2.27. The first-order valence-corrected chi connectivity index (χ1v) is 9.73. The van der Waals surface area contributed by atoms with E-state index in [0.29, 0.717) is 34.4 Å². The molecular weight excluding hydrogens is 396 g/mol. The lowest BCUT2D eigenvalue weighted by Gasteiger charge is -2.12. The number of amides is 1. The number of ether oxygens (including phenoxy) is 2. The van der Waals surface area contributed by atoms with Crippen LogP contribution in [-0.2, 0) is 0 Å². The molecule has 0 atom stereocenters. The zero-order valence-electron chi connectivity index (χ0n) is 17.7. The van der Waals surface area contributed by atoms with E-state index in [2.05, 4.69) is 22.2 Å². The minimum atomic E-state index is -0.514. The van der Waals surface area contributed by atoms with Crippen LogP contribution in [0.5, 0.6) is 11.5 Å². The fourth-order valence-electron chi connectivity index (χ4n) is 2.98. The minimum absolute atomic E-state index is 0.131. The summed E-state index contributed by atoms with van der Waals surface area (Å²) in [6.07, 6.45) is 3.13. The highest BCUT2D eigenvalue weighted by molar-refractivity contribution is 6.05. The van der Waals surface area contributed by atoms with Crippen molar-refractivity contribution in [3.05, 3.63) is 76.7 Å². The van der Waals surface area contributed by atoms with E-state index in [1.807, 2.05) is 13.8 Å². The zero-order valence-corrected chi connectivity index (χ0v) is 17.7. The molecule has 0 radical (unpaired) electrons. The Morgan fingerprint density at radius 3 is 2.65 bits per heavy atom. The van der Waals surface area contributed by atoms with E-state index in [-0.39, 0.29) is 17.3 Å². The zero-order chi connectivity index (χ0) is 22.4. The first-order valence-electron chi connectivity index (χ1n) is 9.73. The monoisotopic (exact) mass is 420 g/mol. The van der Waals surface area contributed by atoms with Gasteiger partial charge in [0.2, 0.25) is 0 Å². The van der Waals surface area contributed by atoms with Crippen LogP contribution in [0, 0.1) is 0 Å². The molecule has 0 bridgehead atoms. The van der Waals surface area contributed by atoms with Crippen molar-refractivity contribution in [2.45, 2.75) is 19.9 Å². The number of nitrogens with one attached hydrogen (secondary N) is 1. The summed E-state index contributed by atoms with van der Waals surface area (Å²) in [7, 11) is 1.54. The Bertz CT molecular complexity index is 1200. The fraction of sp³-hybridized carbons (Fsp3) is 0.217. The number of hydrogen-bond acceptors (Lipinski definition) is 6. The van der Waals surface area contributed by atoms with Crippen molar-refractivity contribution in [2.24, 2.45) is 5.10 Å². The molecule has 0 saturated heterocycles. The highest BCUT2D eigenvalue weighted by Gasteiger charge is 2.17. The molecule has 8 nitrogen and oxygen atoms in total. The Labute approximate surface area is 179 Å². The van der Waals surface area contributed by atoms with Gasteiger partial charge in [0.25, 0.3) is 11.5 Å². The van der Waals surface area contributed by atoms with Gasteiger partial charge in [0.15, 0.2) is 17.2 Å². The molecule has 8 heteroatoms. The third kappa shape index (κ3) is 4.80. The molecule has 3 rings (SSSR count). The average molecular weight is 420 g/mol. The number of nitrogens with zero attached hydrogens (tertiary/aromatic N) is 3. The van der Waals surface area contributed by atoms with Gasteiger partial charge in [0.05, 0.1) is 24.8 Å². The summed E-state index contributed by atoms with van der Waals surface area (Å²) in [6.45, 7) is 7.64. The molecule has 2 aromatic carbocycles. The van der Waals surface area contributed by atoms with Gasteiger partial charge in [-0.2, -0.15) is 10.2 Å². The maximum absolute atomic E-state index is 12.8. The van der Waals surface area contributed by atoms with Gasteiger partial charge in [-0.3, -0.25) is 9.59 Å². The van der Waals surface area contributed by atoms with Crippen LogP contribution in [0.2, 0.25) is 0 Å². The third-order valence-electron chi connectivity index (χ3n) is 4.46. The normalized spacial score (nSPS) is 11.1. The number of rotatable bonds is 8. The van der Waals surface area contributed by atoms with Crippen LogP contribution in [0.4, 0.5) is 0 Å². The summed E-state index contributed by atoms with van der Waals surface area (Å²) in [5, 5.41) is 9.20. The van der Waals surface area contributed by atoms with Crippen LogP contribution < -0.4 is 20.5 Å². The van der Waals surface area contributed by atoms with Gasteiger partial charge in [-0.1, -0.05) is 30.9 Å². The van der Waals surface area contributed by atoms with Crippen molar-refractivity contribution in [1.29, 1.82) is 0 Å². The van der Waals surface area contributed by atoms with Crippen molar-refractivity contribution in [1.82, 2.24) is 15.2 Å². The molecule has 0 fully saturated rings. The highest BCUT2D eigenvalue weighted by atomic mass is 16.5. The lowest BCUT2D eigenvalue weighted by atomic mass is 10.1. The summed E-state index contributed by atoms with van der Waals surface area (Å²) in [6, 6.07) is 12.0. The summed E-state index contributed by atoms with van der Waals surface area (Å²) >= 11 is 0. The number of hydrogen-bond donors (Lipinski definition) is 1. The first-order chi connectivity index (χ1) is 15.0. The van der Waals surface area contributed by atoms with Gasteiger partial charge in [-0.15, -0.1) is 0 Å². The van der Waals surface area contributed by atoms with Crippen LogP contribution in [0.25, 0.3) is 10.8 Å². The number of methoxy groups -OCH3 is 1. The molecule has 0 unspecified atom stereocenters.